The van der Waals surface area contributed by atoms with Crippen LogP contribution >= 0.6 is 0 Å². The van der Waals surface area contributed by atoms with Crippen molar-refractivity contribution in [3.63, 3.8) is 0 Å². The number of imide groups is 1. The van der Waals surface area contributed by atoms with Crippen LogP contribution in [0.5, 0.6) is 0 Å². The van der Waals surface area contributed by atoms with E-state index in [0.29, 0.717) is 12.5 Å². The second kappa shape index (κ2) is 8.92. The van der Waals surface area contributed by atoms with Gasteiger partial charge in [-0.15, -0.1) is 0 Å². The molecule has 20 heavy (non-hydrogen) atoms. The van der Waals surface area contributed by atoms with Crippen LogP contribution in [0, 0.1) is 5.92 Å². The van der Waals surface area contributed by atoms with E-state index in [9.17, 15) is 9.59 Å². The fraction of sp³-hybridized carbons (Fsp3) is 0.857. The molecule has 0 radical (unpaired) electrons. The third-order valence-corrected chi connectivity index (χ3v) is 3.86. The molecule has 0 aromatic carbocycles. The third kappa shape index (κ3) is 5.46. The van der Waals surface area contributed by atoms with Gasteiger partial charge in [0, 0.05) is 13.1 Å². The highest BCUT2D eigenvalue weighted by atomic mass is 16.2. The first-order chi connectivity index (χ1) is 9.58. The van der Waals surface area contributed by atoms with Crippen molar-refractivity contribution in [1.82, 2.24) is 20.9 Å². The first kappa shape index (κ1) is 16.9. The van der Waals surface area contributed by atoms with Crippen molar-refractivity contribution < 1.29 is 9.59 Å². The Bertz CT molecular complexity index is 316. The molecule has 1 atom stereocenters. The Kier molecular flexibility index (Phi) is 7.54. The van der Waals surface area contributed by atoms with Gasteiger partial charge in [0.2, 0.25) is 5.91 Å². The predicted molar refractivity (Wildman–Crippen MR) is 79.5 cm³/mol. The molecule has 116 valence electrons. The van der Waals surface area contributed by atoms with Crippen molar-refractivity contribution in [2.75, 3.05) is 32.7 Å². The first-order valence-electron chi connectivity index (χ1n) is 7.61. The number of carbonyl (C=O) groups excluding carboxylic acids is 2. The average Bonchev–Trinajstić information content (AvgIpc) is 2.45. The minimum absolute atomic E-state index is 0.230. The van der Waals surface area contributed by atoms with Gasteiger partial charge in [0.1, 0.15) is 0 Å². The maximum atomic E-state index is 12.0. The largest absolute Gasteiger partial charge is 0.338 e. The van der Waals surface area contributed by atoms with E-state index in [2.05, 4.69) is 27.8 Å². The Morgan fingerprint density at radius 3 is 2.50 bits per heavy atom. The van der Waals surface area contributed by atoms with E-state index in [1.54, 1.807) is 0 Å². The van der Waals surface area contributed by atoms with Gasteiger partial charge >= 0.3 is 6.03 Å². The molecule has 1 heterocycles. The van der Waals surface area contributed by atoms with Crippen LogP contribution in [0.4, 0.5) is 4.79 Å². The van der Waals surface area contributed by atoms with Crippen molar-refractivity contribution in [3.8, 4) is 0 Å². The first-order valence-corrected chi connectivity index (χ1v) is 7.61. The monoisotopic (exact) mass is 284 g/mol. The van der Waals surface area contributed by atoms with Gasteiger partial charge in [-0.3, -0.25) is 15.0 Å². The van der Waals surface area contributed by atoms with E-state index in [1.165, 1.54) is 0 Å². The summed E-state index contributed by atoms with van der Waals surface area (Å²) in [6, 6.07) is -0.695. The molecule has 1 aliphatic rings. The zero-order valence-electron chi connectivity index (χ0n) is 12.9. The van der Waals surface area contributed by atoms with Crippen LogP contribution in [-0.4, -0.2) is 55.6 Å². The van der Waals surface area contributed by atoms with Gasteiger partial charge in [-0.05, 0) is 52.2 Å². The molecule has 6 heteroatoms. The Labute approximate surface area is 121 Å². The molecule has 0 spiro atoms. The van der Waals surface area contributed by atoms with Gasteiger partial charge in [-0.1, -0.05) is 6.92 Å². The highest BCUT2D eigenvalue weighted by Gasteiger charge is 2.24. The average molecular weight is 284 g/mol. The molecule has 6 nitrogen and oxygen atoms in total. The summed E-state index contributed by atoms with van der Waals surface area (Å²) in [6.45, 7) is 10.1. The Balaban J connectivity index is 2.45. The number of hydrogen-bond acceptors (Lipinski definition) is 4. The van der Waals surface area contributed by atoms with Crippen molar-refractivity contribution >= 4 is 11.9 Å². The number of urea groups is 1. The highest BCUT2D eigenvalue weighted by molar-refractivity contribution is 5.96. The minimum atomic E-state index is -0.415. The number of hydrogen-bond donors (Lipinski definition) is 3. The standard InChI is InChI=1S/C14H28N4O2/c1-4-16-14(20)17-13(19)11(3)18(5-2)10-12-6-8-15-9-7-12/h11-12,15H,4-10H2,1-3H3,(H2,16,17,19,20). The van der Waals surface area contributed by atoms with Crippen LogP contribution in [-0.2, 0) is 4.79 Å². The van der Waals surface area contributed by atoms with E-state index in [0.717, 1.165) is 39.0 Å². The number of amides is 3. The van der Waals surface area contributed by atoms with E-state index < -0.39 is 6.03 Å². The predicted octanol–water partition coefficient (Wildman–Crippen LogP) is 0.542. The van der Waals surface area contributed by atoms with Crippen molar-refractivity contribution in [1.29, 1.82) is 0 Å². The molecule has 0 bridgehead atoms. The van der Waals surface area contributed by atoms with E-state index in [4.69, 9.17) is 0 Å². The molecule has 1 saturated heterocycles. The lowest BCUT2D eigenvalue weighted by Crippen LogP contribution is -2.51. The van der Waals surface area contributed by atoms with Crippen LogP contribution in [0.1, 0.15) is 33.6 Å². The van der Waals surface area contributed by atoms with E-state index in [1.807, 2.05) is 13.8 Å². The van der Waals surface area contributed by atoms with Gasteiger partial charge in [0.05, 0.1) is 6.04 Å². The van der Waals surface area contributed by atoms with Crippen LogP contribution in [0.3, 0.4) is 0 Å². The van der Waals surface area contributed by atoms with Crippen molar-refractivity contribution in [3.05, 3.63) is 0 Å². The molecule has 1 aliphatic heterocycles. The summed E-state index contributed by atoms with van der Waals surface area (Å²) in [6.07, 6.45) is 2.31. The number of carbonyl (C=O) groups is 2. The molecule has 1 unspecified atom stereocenters. The van der Waals surface area contributed by atoms with Crippen LogP contribution < -0.4 is 16.0 Å². The zero-order valence-corrected chi connectivity index (χ0v) is 12.9. The molecule has 3 amide bonds. The normalized spacial score (nSPS) is 17.8. The molecule has 1 fully saturated rings. The Morgan fingerprint density at radius 2 is 1.95 bits per heavy atom. The van der Waals surface area contributed by atoms with Gasteiger partial charge < -0.3 is 10.6 Å². The summed E-state index contributed by atoms with van der Waals surface area (Å²) >= 11 is 0. The molecular weight excluding hydrogens is 256 g/mol. The Hall–Kier alpha value is -1.14. The molecule has 0 aromatic heterocycles. The molecule has 0 aliphatic carbocycles. The van der Waals surface area contributed by atoms with Crippen LogP contribution in [0.25, 0.3) is 0 Å². The molecule has 0 aromatic rings. The Morgan fingerprint density at radius 1 is 1.30 bits per heavy atom. The molecule has 0 saturated carbocycles. The summed E-state index contributed by atoms with van der Waals surface area (Å²) in [5.74, 6) is 0.405. The molecule has 3 N–H and O–H groups in total. The SMILES string of the molecule is CCNC(=O)NC(=O)C(C)N(CC)CC1CCNCC1. The maximum Gasteiger partial charge on any atom is 0.321 e. The lowest BCUT2D eigenvalue weighted by atomic mass is 9.97. The minimum Gasteiger partial charge on any atom is -0.338 e. The lowest BCUT2D eigenvalue weighted by Gasteiger charge is -2.32. The molecule has 1 rings (SSSR count). The van der Waals surface area contributed by atoms with Crippen molar-refractivity contribution in [2.45, 2.75) is 39.7 Å². The lowest BCUT2D eigenvalue weighted by molar-refractivity contribution is -0.125. The zero-order chi connectivity index (χ0) is 15.0. The second-order valence-corrected chi connectivity index (χ2v) is 5.31. The van der Waals surface area contributed by atoms with Crippen LogP contribution in [0.2, 0.25) is 0 Å². The van der Waals surface area contributed by atoms with E-state index in [-0.39, 0.29) is 11.9 Å². The summed E-state index contributed by atoms with van der Waals surface area (Å²) in [4.78, 5) is 25.6. The number of nitrogens with one attached hydrogen (secondary N) is 3. The van der Waals surface area contributed by atoms with E-state index >= 15 is 0 Å². The maximum absolute atomic E-state index is 12.0. The topological polar surface area (TPSA) is 73.5 Å². The van der Waals surface area contributed by atoms with Gasteiger partial charge in [-0.25, -0.2) is 4.79 Å². The van der Waals surface area contributed by atoms with Gasteiger partial charge in [-0.2, -0.15) is 0 Å². The summed E-state index contributed by atoms with van der Waals surface area (Å²) in [7, 11) is 0. The van der Waals surface area contributed by atoms with Crippen molar-refractivity contribution in [2.24, 2.45) is 5.92 Å². The number of rotatable bonds is 6. The summed E-state index contributed by atoms with van der Waals surface area (Å²) in [5, 5.41) is 8.31. The number of piperidine rings is 1. The van der Waals surface area contributed by atoms with Gasteiger partial charge in [0.15, 0.2) is 0 Å². The summed E-state index contributed by atoms with van der Waals surface area (Å²) in [5.41, 5.74) is 0. The smallest absolute Gasteiger partial charge is 0.321 e. The second-order valence-electron chi connectivity index (χ2n) is 5.31. The quantitative estimate of drug-likeness (QED) is 0.666. The van der Waals surface area contributed by atoms with Crippen LogP contribution in [0.15, 0.2) is 0 Å². The summed E-state index contributed by atoms with van der Waals surface area (Å²) < 4.78 is 0. The number of nitrogens with zero attached hydrogens (tertiary/aromatic N) is 1. The fourth-order valence-corrected chi connectivity index (χ4v) is 2.54. The highest BCUT2D eigenvalue weighted by Crippen LogP contribution is 2.15. The fourth-order valence-electron chi connectivity index (χ4n) is 2.54. The third-order valence-electron chi connectivity index (χ3n) is 3.86. The number of likely N-dealkylation sites (N-methyl/N-ethyl adjacent to an activating group) is 1. The molecular formula is C14H28N4O2. The van der Waals surface area contributed by atoms with Gasteiger partial charge in [0.25, 0.3) is 0 Å².